The highest BCUT2D eigenvalue weighted by Gasteiger charge is 2.41. The molecule has 22 heavy (non-hydrogen) atoms. The number of Topliss-reactive ketones (excluding diaryl/α,β-unsaturated/α-hetero) is 2. The third-order valence-electron chi connectivity index (χ3n) is 3.58. The number of rotatable bonds is 3. The van der Waals surface area contributed by atoms with Crippen LogP contribution in [0.2, 0.25) is 5.02 Å². The molecule has 0 saturated carbocycles. The molecular weight excluding hydrogens is 300 g/mol. The second-order valence-electron chi connectivity index (χ2n) is 4.99. The van der Waals surface area contributed by atoms with E-state index in [2.05, 4.69) is 0 Å². The van der Waals surface area contributed by atoms with Gasteiger partial charge in [-0.15, -0.1) is 0 Å². The number of fused-ring (bicyclic) bond motifs is 1. The molecule has 0 atom stereocenters. The fourth-order valence-electron chi connectivity index (χ4n) is 2.45. The molecule has 0 N–H and O–H groups in total. The van der Waals surface area contributed by atoms with E-state index in [4.69, 9.17) is 11.6 Å². The first kappa shape index (κ1) is 14.4. The molecule has 0 saturated heterocycles. The highest BCUT2D eigenvalue weighted by molar-refractivity contribution is 6.37. The van der Waals surface area contributed by atoms with Crippen LogP contribution in [0.4, 0.5) is 0 Å². The molecular formula is C18H11ClO3. The predicted molar refractivity (Wildman–Crippen MR) is 84.1 cm³/mol. The summed E-state index contributed by atoms with van der Waals surface area (Å²) in [6, 6.07) is 13.4. The molecule has 0 radical (unpaired) electrons. The van der Waals surface area contributed by atoms with Crippen molar-refractivity contribution in [1.29, 1.82) is 0 Å². The number of ketones is 3. The second kappa shape index (κ2) is 5.70. The predicted octanol–water partition coefficient (Wildman–Crippen LogP) is 3.62. The Kier molecular flexibility index (Phi) is 3.73. The summed E-state index contributed by atoms with van der Waals surface area (Å²) in [5.41, 5.74) is 1.42. The van der Waals surface area contributed by atoms with Crippen LogP contribution in [0.3, 0.4) is 0 Å². The van der Waals surface area contributed by atoms with E-state index in [-0.39, 0.29) is 0 Å². The normalized spacial score (nSPS) is 14.6. The van der Waals surface area contributed by atoms with Gasteiger partial charge in [0.2, 0.25) is 0 Å². The third-order valence-corrected chi connectivity index (χ3v) is 3.83. The zero-order valence-corrected chi connectivity index (χ0v) is 12.2. The number of allylic oxidation sites excluding steroid dienone is 1. The molecule has 1 aliphatic carbocycles. The molecule has 0 fully saturated rings. The lowest BCUT2D eigenvalue weighted by molar-refractivity contribution is -0.115. The van der Waals surface area contributed by atoms with Crippen molar-refractivity contribution in [2.75, 3.05) is 0 Å². The molecule has 0 bridgehead atoms. The summed E-state index contributed by atoms with van der Waals surface area (Å²) < 4.78 is 0. The van der Waals surface area contributed by atoms with Gasteiger partial charge < -0.3 is 0 Å². The summed E-state index contributed by atoms with van der Waals surface area (Å²) in [6.45, 7) is 0. The summed E-state index contributed by atoms with van der Waals surface area (Å²) in [5.74, 6) is -2.60. The van der Waals surface area contributed by atoms with Gasteiger partial charge in [-0.1, -0.05) is 54.1 Å². The Morgan fingerprint density at radius 1 is 0.909 bits per heavy atom. The van der Waals surface area contributed by atoms with Crippen molar-refractivity contribution in [2.45, 2.75) is 0 Å². The molecule has 0 amide bonds. The first-order valence-corrected chi connectivity index (χ1v) is 7.10. The fraction of sp³-hybridized carbons (Fsp3) is 0.0556. The fourth-order valence-corrected chi connectivity index (χ4v) is 2.58. The SMILES string of the molecule is O=C(/C=C/c1ccc(Cl)cc1)C1C(=O)c2ccccc2C1=O. The van der Waals surface area contributed by atoms with Crippen LogP contribution in [0.1, 0.15) is 26.3 Å². The smallest absolute Gasteiger partial charge is 0.182 e. The maximum atomic E-state index is 12.2. The first-order valence-electron chi connectivity index (χ1n) is 6.73. The van der Waals surface area contributed by atoms with Crippen molar-refractivity contribution >= 4 is 35.0 Å². The Labute approximate surface area is 132 Å². The van der Waals surface area contributed by atoms with Gasteiger partial charge in [0.05, 0.1) is 0 Å². The van der Waals surface area contributed by atoms with Crippen LogP contribution in [0, 0.1) is 5.92 Å². The van der Waals surface area contributed by atoms with Crippen molar-refractivity contribution in [1.82, 2.24) is 0 Å². The minimum absolute atomic E-state index is 0.325. The standard InChI is InChI=1S/C18H11ClO3/c19-12-8-5-11(6-9-12)7-10-15(20)16-17(21)13-3-1-2-4-14(13)18(16)22/h1-10,16H/b10-7+. The van der Waals surface area contributed by atoms with Crippen LogP contribution in [-0.2, 0) is 4.79 Å². The number of carbonyl (C=O) groups excluding carboxylic acids is 3. The van der Waals surface area contributed by atoms with Gasteiger partial charge in [0.25, 0.3) is 0 Å². The molecule has 0 aromatic heterocycles. The molecule has 3 rings (SSSR count). The van der Waals surface area contributed by atoms with E-state index >= 15 is 0 Å². The summed E-state index contributed by atoms with van der Waals surface area (Å²) in [7, 11) is 0. The van der Waals surface area contributed by atoms with Crippen molar-refractivity contribution in [3.8, 4) is 0 Å². The topological polar surface area (TPSA) is 51.2 Å². The lowest BCUT2D eigenvalue weighted by Gasteiger charge is -2.01. The van der Waals surface area contributed by atoms with Gasteiger partial charge >= 0.3 is 0 Å². The molecule has 1 aliphatic rings. The summed E-state index contributed by atoms with van der Waals surface area (Å²) in [5, 5.41) is 0.597. The van der Waals surface area contributed by atoms with Crippen LogP contribution in [0.15, 0.2) is 54.6 Å². The molecule has 0 heterocycles. The lowest BCUT2D eigenvalue weighted by atomic mass is 9.97. The number of hydrogen-bond acceptors (Lipinski definition) is 3. The van der Waals surface area contributed by atoms with Gasteiger partial charge in [-0.05, 0) is 23.8 Å². The van der Waals surface area contributed by atoms with E-state index in [9.17, 15) is 14.4 Å². The van der Waals surface area contributed by atoms with Gasteiger partial charge in [0.15, 0.2) is 17.3 Å². The molecule has 2 aromatic carbocycles. The number of benzene rings is 2. The van der Waals surface area contributed by atoms with Gasteiger partial charge in [0, 0.05) is 16.1 Å². The van der Waals surface area contributed by atoms with Gasteiger partial charge in [-0.25, -0.2) is 0 Å². The summed E-state index contributed by atoms with van der Waals surface area (Å²) in [4.78, 5) is 36.6. The molecule has 0 aliphatic heterocycles. The average Bonchev–Trinajstić information content (AvgIpc) is 2.79. The van der Waals surface area contributed by atoms with Gasteiger partial charge in [0.1, 0.15) is 5.92 Å². The minimum Gasteiger partial charge on any atom is -0.294 e. The zero-order chi connectivity index (χ0) is 15.7. The Balaban J connectivity index is 1.83. The molecule has 0 spiro atoms. The highest BCUT2D eigenvalue weighted by atomic mass is 35.5. The number of carbonyl (C=O) groups is 3. The van der Waals surface area contributed by atoms with Gasteiger partial charge in [-0.3, -0.25) is 14.4 Å². The Hall–Kier alpha value is -2.52. The number of hydrogen-bond donors (Lipinski definition) is 0. The summed E-state index contributed by atoms with van der Waals surface area (Å²) in [6.07, 6.45) is 2.85. The van der Waals surface area contributed by atoms with E-state index in [0.717, 1.165) is 5.56 Å². The Morgan fingerprint density at radius 3 is 2.00 bits per heavy atom. The minimum atomic E-state index is -1.25. The summed E-state index contributed by atoms with van der Waals surface area (Å²) >= 11 is 5.79. The van der Waals surface area contributed by atoms with E-state index in [1.807, 2.05) is 0 Å². The van der Waals surface area contributed by atoms with Crippen molar-refractivity contribution in [2.24, 2.45) is 5.92 Å². The Morgan fingerprint density at radius 2 is 1.45 bits per heavy atom. The van der Waals surface area contributed by atoms with E-state index in [1.165, 1.54) is 6.08 Å². The van der Waals surface area contributed by atoms with Crippen molar-refractivity contribution < 1.29 is 14.4 Å². The average molecular weight is 311 g/mol. The van der Waals surface area contributed by atoms with Crippen molar-refractivity contribution in [3.05, 3.63) is 76.3 Å². The largest absolute Gasteiger partial charge is 0.294 e. The van der Waals surface area contributed by atoms with Crippen LogP contribution >= 0.6 is 11.6 Å². The van der Waals surface area contributed by atoms with Crippen LogP contribution in [0.5, 0.6) is 0 Å². The molecule has 2 aromatic rings. The van der Waals surface area contributed by atoms with E-state index in [0.29, 0.717) is 16.1 Å². The second-order valence-corrected chi connectivity index (χ2v) is 5.43. The zero-order valence-electron chi connectivity index (χ0n) is 11.5. The highest BCUT2D eigenvalue weighted by Crippen LogP contribution is 2.27. The maximum absolute atomic E-state index is 12.2. The number of halogens is 1. The monoisotopic (exact) mass is 310 g/mol. The van der Waals surface area contributed by atoms with Gasteiger partial charge in [-0.2, -0.15) is 0 Å². The Bertz CT molecular complexity index is 768. The van der Waals surface area contributed by atoms with Crippen molar-refractivity contribution in [3.63, 3.8) is 0 Å². The maximum Gasteiger partial charge on any atom is 0.182 e. The quantitative estimate of drug-likeness (QED) is 0.642. The van der Waals surface area contributed by atoms with E-state index in [1.54, 1.807) is 54.6 Å². The molecule has 4 heteroatoms. The van der Waals surface area contributed by atoms with Crippen LogP contribution in [-0.4, -0.2) is 17.3 Å². The molecule has 108 valence electrons. The molecule has 0 unspecified atom stereocenters. The van der Waals surface area contributed by atoms with Crippen LogP contribution < -0.4 is 0 Å². The first-order chi connectivity index (χ1) is 10.6. The van der Waals surface area contributed by atoms with Crippen LogP contribution in [0.25, 0.3) is 6.08 Å². The lowest BCUT2D eigenvalue weighted by Crippen LogP contribution is -2.23. The molecule has 3 nitrogen and oxygen atoms in total. The van der Waals surface area contributed by atoms with E-state index < -0.39 is 23.3 Å². The third kappa shape index (κ3) is 2.51.